The highest BCUT2D eigenvalue weighted by atomic mass is 35.5. The van der Waals surface area contributed by atoms with E-state index in [0.29, 0.717) is 26.3 Å². The van der Waals surface area contributed by atoms with Crippen LogP contribution in [0.25, 0.3) is 0 Å². The number of nitrogens with one attached hydrogen (secondary N) is 1. The molecule has 1 fully saturated rings. The smallest absolute Gasteiger partial charge is 0.308 e. The summed E-state index contributed by atoms with van der Waals surface area (Å²) in [5.74, 6) is -2.19. The van der Waals surface area contributed by atoms with E-state index >= 15 is 0 Å². The van der Waals surface area contributed by atoms with Gasteiger partial charge in [0.1, 0.15) is 11.8 Å². The molecule has 220 valence electrons. The van der Waals surface area contributed by atoms with Crippen molar-refractivity contribution in [3.05, 3.63) is 109 Å². The Labute approximate surface area is 262 Å². The van der Waals surface area contributed by atoms with Crippen LogP contribution in [0.1, 0.15) is 48.3 Å². The van der Waals surface area contributed by atoms with E-state index in [1.807, 2.05) is 43.3 Å². The minimum Gasteiger partial charge on any atom is -0.325 e. The third-order valence-electron chi connectivity index (χ3n) is 7.91. The number of amides is 3. The number of carbonyl (C=O) groups is 3. The number of hydrogen-bond acceptors (Lipinski definition) is 6. The summed E-state index contributed by atoms with van der Waals surface area (Å²) < 4.78 is 1.43. The van der Waals surface area contributed by atoms with Gasteiger partial charge >= 0.3 is 4.87 Å². The van der Waals surface area contributed by atoms with Gasteiger partial charge in [0.25, 0.3) is 0 Å². The molecule has 3 aromatic carbocycles. The number of halogens is 1. The molecule has 6 rings (SSSR count). The molecule has 0 spiro atoms. The lowest BCUT2D eigenvalue weighted by Crippen LogP contribution is -2.33. The Morgan fingerprint density at radius 3 is 2.19 bits per heavy atom. The largest absolute Gasteiger partial charge is 0.325 e. The molecule has 0 unspecified atom stereocenters. The molecule has 1 N–H and O–H groups in total. The van der Waals surface area contributed by atoms with Gasteiger partial charge in [0.2, 0.25) is 17.7 Å². The second-order valence-electron chi connectivity index (χ2n) is 11.9. The molecule has 1 saturated heterocycles. The third kappa shape index (κ3) is 5.46. The molecule has 4 aromatic rings. The van der Waals surface area contributed by atoms with Crippen LogP contribution in [-0.2, 0) is 26.3 Å². The number of thioether (sulfide) groups is 1. The standard InChI is InChI=1S/C33H30ClN3O4S2/c1-18-5-15-23(16-6-18)37-29(39)26-25(19-7-9-20(10-8-19)33(2,3)4)28-31(42-27(26)30(37)40)36(32(41)43-28)17-24(38)35-22-13-11-21(34)12-14-22/h5-16,25-27H,17H2,1-4H3,(H,35,38)/t25-,26+,27-/m0/s1. The summed E-state index contributed by atoms with van der Waals surface area (Å²) in [6.07, 6.45) is 0. The summed E-state index contributed by atoms with van der Waals surface area (Å²) in [7, 11) is 0. The molecular weight excluding hydrogens is 602 g/mol. The van der Waals surface area contributed by atoms with Crippen molar-refractivity contribution >= 4 is 63.8 Å². The van der Waals surface area contributed by atoms with Gasteiger partial charge in [-0.3, -0.25) is 23.7 Å². The zero-order chi connectivity index (χ0) is 30.6. The Morgan fingerprint density at radius 1 is 0.907 bits per heavy atom. The van der Waals surface area contributed by atoms with Crippen molar-refractivity contribution in [2.45, 2.75) is 55.8 Å². The van der Waals surface area contributed by atoms with Gasteiger partial charge in [0.15, 0.2) is 0 Å². The van der Waals surface area contributed by atoms with Gasteiger partial charge in [0.05, 0.1) is 16.6 Å². The van der Waals surface area contributed by atoms with Crippen molar-refractivity contribution in [1.29, 1.82) is 0 Å². The van der Waals surface area contributed by atoms with Crippen LogP contribution in [0.4, 0.5) is 11.4 Å². The van der Waals surface area contributed by atoms with E-state index in [1.165, 1.54) is 21.2 Å². The average Bonchev–Trinajstić information content (AvgIpc) is 3.40. The molecule has 43 heavy (non-hydrogen) atoms. The number of anilines is 2. The first-order valence-electron chi connectivity index (χ1n) is 13.9. The van der Waals surface area contributed by atoms with Crippen molar-refractivity contribution in [2.24, 2.45) is 5.92 Å². The Balaban J connectivity index is 1.41. The number of hydrogen-bond donors (Lipinski definition) is 1. The van der Waals surface area contributed by atoms with Crippen LogP contribution >= 0.6 is 34.7 Å². The molecule has 7 nitrogen and oxygen atoms in total. The number of aryl methyl sites for hydroxylation is 1. The first-order valence-corrected chi connectivity index (χ1v) is 16.0. The molecule has 2 aliphatic rings. The number of aromatic nitrogens is 1. The SMILES string of the molecule is Cc1ccc(N2C(=O)[C@@H]3[C@H](c4ccc(C(C)(C)C)cc4)c4sc(=O)n(CC(=O)Nc5ccc(Cl)cc5)c4S[C@@H]3C2=O)cc1. The minimum atomic E-state index is -0.742. The van der Waals surface area contributed by atoms with E-state index < -0.39 is 17.1 Å². The number of imide groups is 1. The Bertz CT molecular complexity index is 1790. The van der Waals surface area contributed by atoms with E-state index in [2.05, 4.69) is 26.1 Å². The van der Waals surface area contributed by atoms with Crippen molar-refractivity contribution in [3.63, 3.8) is 0 Å². The van der Waals surface area contributed by atoms with Gasteiger partial charge in [-0.1, -0.05) is 97.4 Å². The van der Waals surface area contributed by atoms with Crippen molar-refractivity contribution in [2.75, 3.05) is 10.2 Å². The Hall–Kier alpha value is -3.66. The molecule has 3 heterocycles. The van der Waals surface area contributed by atoms with Gasteiger partial charge in [-0.2, -0.15) is 0 Å². The van der Waals surface area contributed by atoms with Crippen molar-refractivity contribution < 1.29 is 14.4 Å². The maximum absolute atomic E-state index is 14.1. The van der Waals surface area contributed by atoms with Crippen LogP contribution in [-0.4, -0.2) is 27.5 Å². The predicted molar refractivity (Wildman–Crippen MR) is 172 cm³/mol. The van der Waals surface area contributed by atoms with Crippen molar-refractivity contribution in [1.82, 2.24) is 4.57 Å². The summed E-state index contributed by atoms with van der Waals surface area (Å²) in [4.78, 5) is 56.1. The van der Waals surface area contributed by atoms with Gasteiger partial charge in [-0.25, -0.2) is 4.90 Å². The maximum Gasteiger partial charge on any atom is 0.308 e. The molecule has 1 aromatic heterocycles. The topological polar surface area (TPSA) is 88.5 Å². The van der Waals surface area contributed by atoms with Crippen molar-refractivity contribution in [3.8, 4) is 0 Å². The van der Waals surface area contributed by atoms with Crippen LogP contribution in [0.15, 0.2) is 82.6 Å². The van der Waals surface area contributed by atoms with Gasteiger partial charge < -0.3 is 5.32 Å². The molecule has 3 amide bonds. The van der Waals surface area contributed by atoms with E-state index in [4.69, 9.17) is 11.6 Å². The average molecular weight is 632 g/mol. The first kappa shape index (κ1) is 29.4. The number of nitrogens with zero attached hydrogens (tertiary/aromatic N) is 2. The van der Waals surface area contributed by atoms with E-state index in [0.717, 1.165) is 28.0 Å². The van der Waals surface area contributed by atoms with Crippen LogP contribution in [0.3, 0.4) is 0 Å². The second kappa shape index (κ2) is 11.1. The highest BCUT2D eigenvalue weighted by Gasteiger charge is 2.56. The van der Waals surface area contributed by atoms with Crippen LogP contribution in [0, 0.1) is 12.8 Å². The van der Waals surface area contributed by atoms with Gasteiger partial charge in [-0.05, 0) is 59.9 Å². The molecule has 10 heteroatoms. The number of fused-ring (bicyclic) bond motifs is 2. The Kier molecular flexibility index (Phi) is 7.61. The van der Waals surface area contributed by atoms with E-state index in [1.54, 1.807) is 36.4 Å². The number of benzene rings is 3. The molecule has 2 aliphatic heterocycles. The van der Waals surface area contributed by atoms with Crippen LogP contribution in [0.2, 0.25) is 5.02 Å². The van der Waals surface area contributed by atoms with Crippen LogP contribution < -0.4 is 15.1 Å². The van der Waals surface area contributed by atoms with Gasteiger partial charge in [-0.15, -0.1) is 0 Å². The summed E-state index contributed by atoms with van der Waals surface area (Å²) in [6, 6.07) is 22.1. The lowest BCUT2D eigenvalue weighted by molar-refractivity contribution is -0.122. The molecule has 0 radical (unpaired) electrons. The summed E-state index contributed by atoms with van der Waals surface area (Å²) in [6.45, 7) is 8.12. The highest BCUT2D eigenvalue weighted by Crippen LogP contribution is 2.54. The zero-order valence-corrected chi connectivity index (χ0v) is 26.5. The monoisotopic (exact) mass is 631 g/mol. The molecule has 0 aliphatic carbocycles. The second-order valence-corrected chi connectivity index (χ2v) is 14.5. The molecule has 0 bridgehead atoms. The number of carbonyl (C=O) groups excluding carboxylic acids is 3. The fraction of sp³-hybridized carbons (Fsp3) is 0.273. The first-order chi connectivity index (χ1) is 20.4. The third-order valence-corrected chi connectivity index (χ3v) is 10.8. The lowest BCUT2D eigenvalue weighted by atomic mass is 9.81. The normalized spacial score (nSPS) is 19.7. The summed E-state index contributed by atoms with van der Waals surface area (Å²) >= 11 is 8.21. The minimum absolute atomic E-state index is 0.0678. The predicted octanol–water partition coefficient (Wildman–Crippen LogP) is 6.60. The molecule has 3 atom stereocenters. The molecular formula is C33H30ClN3O4S2. The molecule has 0 saturated carbocycles. The zero-order valence-electron chi connectivity index (χ0n) is 24.1. The van der Waals surface area contributed by atoms with Crippen LogP contribution in [0.5, 0.6) is 0 Å². The summed E-state index contributed by atoms with van der Waals surface area (Å²) in [5.41, 5.74) is 4.03. The maximum atomic E-state index is 14.1. The quantitative estimate of drug-likeness (QED) is 0.251. The fourth-order valence-electron chi connectivity index (χ4n) is 5.63. The van der Waals surface area contributed by atoms with E-state index in [-0.39, 0.29) is 34.6 Å². The van der Waals surface area contributed by atoms with Gasteiger partial charge in [0, 0.05) is 21.5 Å². The van der Waals surface area contributed by atoms with E-state index in [9.17, 15) is 19.2 Å². The number of thiazole rings is 1. The lowest BCUT2D eigenvalue weighted by Gasteiger charge is -2.31. The summed E-state index contributed by atoms with van der Waals surface area (Å²) in [5, 5.41) is 3.17. The Morgan fingerprint density at radius 2 is 1.56 bits per heavy atom. The fourth-order valence-corrected chi connectivity index (χ4v) is 8.53. The highest BCUT2D eigenvalue weighted by molar-refractivity contribution is 8.00. The number of rotatable bonds is 5.